The number of benzene rings is 2. The van der Waals surface area contributed by atoms with Gasteiger partial charge in [0.05, 0.1) is 11.0 Å². The van der Waals surface area contributed by atoms with Gasteiger partial charge in [-0.1, -0.05) is 42.1 Å². The number of nitro groups is 1. The van der Waals surface area contributed by atoms with E-state index in [0.717, 1.165) is 16.2 Å². The minimum Gasteiger partial charge on any atom is -0.265 e. The number of nitro benzene ring substituents is 1. The standard InChI is InChI=1S/C19H16N4O3S2/c1-12-18(24)20-19-22(21-12)17(13-5-3-2-4-6-13)16(11-27-19)28-15-9-7-14(8-10-15)23(25)26/h2-10,16-17H,11H2,1H3/t16-,17+/m0/s1. The Morgan fingerprint density at radius 3 is 2.57 bits per heavy atom. The van der Waals surface area contributed by atoms with E-state index in [9.17, 15) is 14.9 Å². The highest BCUT2D eigenvalue weighted by molar-refractivity contribution is 8.03. The van der Waals surface area contributed by atoms with Gasteiger partial charge in [0.1, 0.15) is 5.69 Å². The SMILES string of the molecule is Cc1nn2c(nc1=O)SC[C@H](Sc1ccc([N+](=O)[O-])cc1)[C@H]2c1ccccc1. The van der Waals surface area contributed by atoms with E-state index in [4.69, 9.17) is 0 Å². The van der Waals surface area contributed by atoms with Crippen LogP contribution < -0.4 is 5.56 Å². The van der Waals surface area contributed by atoms with E-state index in [0.29, 0.717) is 10.9 Å². The highest BCUT2D eigenvalue weighted by Gasteiger charge is 2.33. The zero-order chi connectivity index (χ0) is 19.7. The number of thioether (sulfide) groups is 2. The van der Waals surface area contributed by atoms with Gasteiger partial charge < -0.3 is 0 Å². The summed E-state index contributed by atoms with van der Waals surface area (Å²) in [6.45, 7) is 1.67. The number of rotatable bonds is 4. The van der Waals surface area contributed by atoms with Crippen LogP contribution in [-0.4, -0.2) is 30.7 Å². The molecule has 7 nitrogen and oxygen atoms in total. The average molecular weight is 412 g/mol. The van der Waals surface area contributed by atoms with Crippen LogP contribution in [0.15, 0.2) is 69.4 Å². The first kappa shape index (κ1) is 18.7. The number of fused-ring (bicyclic) bond motifs is 1. The van der Waals surface area contributed by atoms with Gasteiger partial charge >= 0.3 is 0 Å². The largest absolute Gasteiger partial charge is 0.295 e. The molecule has 0 fully saturated rings. The molecule has 2 atom stereocenters. The number of aromatic nitrogens is 3. The lowest BCUT2D eigenvalue weighted by atomic mass is 10.0. The molecular formula is C19H16N4O3S2. The van der Waals surface area contributed by atoms with Gasteiger partial charge in [0.25, 0.3) is 11.2 Å². The molecule has 2 aromatic carbocycles. The Morgan fingerprint density at radius 1 is 1.18 bits per heavy atom. The van der Waals surface area contributed by atoms with Crippen molar-refractivity contribution in [2.75, 3.05) is 5.75 Å². The topological polar surface area (TPSA) is 90.9 Å². The van der Waals surface area contributed by atoms with Crippen molar-refractivity contribution in [3.8, 4) is 0 Å². The van der Waals surface area contributed by atoms with E-state index in [1.165, 1.54) is 23.9 Å². The van der Waals surface area contributed by atoms with E-state index >= 15 is 0 Å². The highest BCUT2D eigenvalue weighted by atomic mass is 32.2. The second-order valence-electron chi connectivity index (χ2n) is 6.30. The Kier molecular flexibility index (Phi) is 5.19. The number of non-ortho nitro benzene ring substituents is 1. The lowest BCUT2D eigenvalue weighted by molar-refractivity contribution is -0.384. The predicted octanol–water partition coefficient (Wildman–Crippen LogP) is 3.71. The molecule has 0 saturated heterocycles. The molecule has 2 heterocycles. The summed E-state index contributed by atoms with van der Waals surface area (Å²) in [5.74, 6) is 0.748. The van der Waals surface area contributed by atoms with Crippen LogP contribution in [0.5, 0.6) is 0 Å². The lowest BCUT2D eigenvalue weighted by Gasteiger charge is -2.33. The molecule has 0 bridgehead atoms. The van der Waals surface area contributed by atoms with Crippen LogP contribution in [0.3, 0.4) is 0 Å². The molecular weight excluding hydrogens is 396 g/mol. The molecule has 1 aliphatic heterocycles. The highest BCUT2D eigenvalue weighted by Crippen LogP contribution is 2.42. The van der Waals surface area contributed by atoms with Crippen molar-refractivity contribution in [1.82, 2.24) is 14.8 Å². The average Bonchev–Trinajstić information content (AvgIpc) is 2.70. The number of hydrogen-bond acceptors (Lipinski definition) is 7. The minimum absolute atomic E-state index is 0.0752. The summed E-state index contributed by atoms with van der Waals surface area (Å²) < 4.78 is 1.84. The van der Waals surface area contributed by atoms with Crippen LogP contribution in [0.25, 0.3) is 0 Å². The molecule has 9 heteroatoms. The summed E-state index contributed by atoms with van der Waals surface area (Å²) in [6.07, 6.45) is 0. The molecule has 4 rings (SSSR count). The molecule has 1 aromatic heterocycles. The third-order valence-electron chi connectivity index (χ3n) is 4.43. The fraction of sp³-hybridized carbons (Fsp3) is 0.211. The lowest BCUT2D eigenvalue weighted by Crippen LogP contribution is -2.35. The monoisotopic (exact) mass is 412 g/mol. The fourth-order valence-corrected chi connectivity index (χ4v) is 5.53. The summed E-state index contributed by atoms with van der Waals surface area (Å²) >= 11 is 3.16. The number of aryl methyl sites for hydroxylation is 1. The molecule has 0 saturated carbocycles. The van der Waals surface area contributed by atoms with Gasteiger partial charge in [-0.05, 0) is 24.6 Å². The molecule has 142 valence electrons. The maximum absolute atomic E-state index is 11.9. The van der Waals surface area contributed by atoms with Gasteiger partial charge in [0.2, 0.25) is 0 Å². The van der Waals surface area contributed by atoms with Gasteiger partial charge in [0.15, 0.2) is 5.16 Å². The quantitative estimate of drug-likeness (QED) is 0.476. The molecule has 0 amide bonds. The summed E-state index contributed by atoms with van der Waals surface area (Å²) in [5.41, 5.74) is 1.23. The van der Waals surface area contributed by atoms with E-state index in [1.807, 2.05) is 35.0 Å². The van der Waals surface area contributed by atoms with Crippen LogP contribution >= 0.6 is 23.5 Å². The van der Waals surface area contributed by atoms with Crippen LogP contribution in [-0.2, 0) is 0 Å². The molecule has 28 heavy (non-hydrogen) atoms. The number of hydrogen-bond donors (Lipinski definition) is 0. The zero-order valence-corrected chi connectivity index (χ0v) is 16.5. The first-order valence-electron chi connectivity index (χ1n) is 8.59. The second kappa shape index (κ2) is 7.76. The van der Waals surface area contributed by atoms with Crippen LogP contribution in [0.1, 0.15) is 17.3 Å². The molecule has 3 aromatic rings. The number of nitrogens with zero attached hydrogens (tertiary/aromatic N) is 4. The molecule has 0 spiro atoms. The first-order chi connectivity index (χ1) is 13.5. The van der Waals surface area contributed by atoms with Crippen molar-refractivity contribution in [3.63, 3.8) is 0 Å². The predicted molar refractivity (Wildman–Crippen MR) is 109 cm³/mol. The third-order valence-corrected chi connectivity index (χ3v) is 6.97. The van der Waals surface area contributed by atoms with Crippen LogP contribution in [0, 0.1) is 17.0 Å². The van der Waals surface area contributed by atoms with Crippen molar-refractivity contribution in [2.24, 2.45) is 0 Å². The maximum Gasteiger partial charge on any atom is 0.295 e. The maximum atomic E-state index is 11.9. The minimum atomic E-state index is -0.400. The summed E-state index contributed by atoms with van der Waals surface area (Å²) in [5, 5.41) is 16.1. The van der Waals surface area contributed by atoms with Crippen LogP contribution in [0.4, 0.5) is 5.69 Å². The van der Waals surface area contributed by atoms with Crippen molar-refractivity contribution < 1.29 is 4.92 Å². The Balaban J connectivity index is 1.72. The van der Waals surface area contributed by atoms with E-state index in [1.54, 1.807) is 30.8 Å². The first-order valence-corrected chi connectivity index (χ1v) is 10.5. The van der Waals surface area contributed by atoms with Crippen molar-refractivity contribution >= 4 is 29.2 Å². The molecule has 0 N–H and O–H groups in total. The van der Waals surface area contributed by atoms with Gasteiger partial charge in [-0.15, -0.1) is 11.8 Å². The Labute approximate surface area is 169 Å². The smallest absolute Gasteiger partial charge is 0.265 e. The summed E-state index contributed by atoms with van der Waals surface area (Å²) in [6, 6.07) is 16.5. The molecule has 0 radical (unpaired) electrons. The molecule has 0 unspecified atom stereocenters. The second-order valence-corrected chi connectivity index (χ2v) is 8.60. The van der Waals surface area contributed by atoms with Crippen molar-refractivity contribution in [3.05, 3.63) is 86.3 Å². The third kappa shape index (κ3) is 3.67. The van der Waals surface area contributed by atoms with Gasteiger partial charge in [0, 0.05) is 28.0 Å². The van der Waals surface area contributed by atoms with E-state index < -0.39 is 4.92 Å². The normalized spacial score (nSPS) is 18.5. The van der Waals surface area contributed by atoms with Gasteiger partial charge in [-0.2, -0.15) is 10.1 Å². The van der Waals surface area contributed by atoms with E-state index in [2.05, 4.69) is 10.1 Å². The summed E-state index contributed by atoms with van der Waals surface area (Å²) in [4.78, 5) is 27.6. The van der Waals surface area contributed by atoms with Gasteiger partial charge in [-0.3, -0.25) is 14.9 Å². The summed E-state index contributed by atoms with van der Waals surface area (Å²) in [7, 11) is 0. The Bertz CT molecular complexity index is 1070. The van der Waals surface area contributed by atoms with Crippen LogP contribution in [0.2, 0.25) is 0 Å². The zero-order valence-electron chi connectivity index (χ0n) is 14.9. The fourth-order valence-electron chi connectivity index (χ4n) is 3.08. The van der Waals surface area contributed by atoms with Gasteiger partial charge in [-0.25, -0.2) is 4.68 Å². The Morgan fingerprint density at radius 2 is 1.89 bits per heavy atom. The van der Waals surface area contributed by atoms with E-state index in [-0.39, 0.29) is 22.5 Å². The van der Waals surface area contributed by atoms with Crippen molar-refractivity contribution in [1.29, 1.82) is 0 Å². The molecule has 0 aliphatic carbocycles. The Hall–Kier alpha value is -2.65. The molecule has 1 aliphatic rings. The van der Waals surface area contributed by atoms with Crippen molar-refractivity contribution in [2.45, 2.75) is 28.3 Å².